The monoisotopic (exact) mass is 533 g/mol. The third kappa shape index (κ3) is 6.75. The van der Waals surface area contributed by atoms with Gasteiger partial charge in [0, 0.05) is 17.6 Å². The van der Waals surface area contributed by atoms with Crippen molar-refractivity contribution in [3.05, 3.63) is 64.1 Å². The summed E-state index contributed by atoms with van der Waals surface area (Å²) in [5, 5.41) is 5.44. The maximum absolute atomic E-state index is 12.9. The molecule has 8 nitrogen and oxygen atoms in total. The first-order chi connectivity index (χ1) is 15.9. The van der Waals surface area contributed by atoms with Crippen molar-refractivity contribution in [1.29, 1.82) is 0 Å². The van der Waals surface area contributed by atoms with Gasteiger partial charge in [-0.2, -0.15) is 0 Å². The minimum absolute atomic E-state index is 0.0538. The van der Waals surface area contributed by atoms with E-state index in [0.717, 1.165) is 5.56 Å². The van der Waals surface area contributed by atoms with Crippen LogP contribution in [0.15, 0.2) is 53.0 Å². The Labute approximate surface area is 205 Å². The van der Waals surface area contributed by atoms with E-state index in [-0.39, 0.29) is 24.0 Å². The van der Waals surface area contributed by atoms with E-state index >= 15 is 0 Å². The molecule has 1 aliphatic rings. The fourth-order valence-corrected chi connectivity index (χ4v) is 3.99. The number of rotatable bonds is 7. The summed E-state index contributed by atoms with van der Waals surface area (Å²) in [7, 11) is 0. The Bertz CT molecular complexity index is 1030. The zero-order chi connectivity index (χ0) is 23.8. The van der Waals surface area contributed by atoms with Crippen LogP contribution in [0.2, 0.25) is 0 Å². The molecule has 1 fully saturated rings. The Hall–Kier alpha value is -2.98. The third-order valence-electron chi connectivity index (χ3n) is 4.90. The Balaban J connectivity index is 1.66. The number of thiocarbonyl (C=S) groups is 1. The van der Waals surface area contributed by atoms with E-state index in [1.54, 1.807) is 18.2 Å². The maximum atomic E-state index is 12.9. The van der Waals surface area contributed by atoms with Crippen LogP contribution in [0.4, 0.5) is 0 Å². The van der Waals surface area contributed by atoms with Crippen molar-refractivity contribution in [1.82, 2.24) is 15.5 Å². The Morgan fingerprint density at radius 1 is 1.24 bits per heavy atom. The molecule has 33 heavy (non-hydrogen) atoms. The number of amides is 2. The number of benzene rings is 2. The van der Waals surface area contributed by atoms with Crippen LogP contribution in [-0.2, 0) is 20.9 Å². The Morgan fingerprint density at radius 3 is 2.73 bits per heavy atom. The number of carbonyl (C=O) groups is 3. The quantitative estimate of drug-likeness (QED) is 0.417. The van der Waals surface area contributed by atoms with E-state index in [9.17, 15) is 14.4 Å². The summed E-state index contributed by atoms with van der Waals surface area (Å²) in [5.74, 6) is -0.947. The average Bonchev–Trinajstić information content (AvgIpc) is 2.81. The molecule has 0 aromatic heterocycles. The zero-order valence-electron chi connectivity index (χ0n) is 18.0. The number of piperazine rings is 1. The van der Waals surface area contributed by atoms with E-state index < -0.39 is 17.9 Å². The molecule has 1 atom stereocenters. The van der Waals surface area contributed by atoms with Gasteiger partial charge in [0.2, 0.25) is 5.91 Å². The van der Waals surface area contributed by atoms with Gasteiger partial charge in [0.1, 0.15) is 18.4 Å². The lowest BCUT2D eigenvalue weighted by Crippen LogP contribution is -2.60. The summed E-state index contributed by atoms with van der Waals surface area (Å²) in [5.41, 5.74) is 1.14. The number of ether oxygens (including phenoxy) is 2. The smallest absolute Gasteiger partial charge is 0.308 e. The molecule has 2 N–H and O–H groups in total. The highest BCUT2D eigenvalue weighted by molar-refractivity contribution is 9.10. The van der Waals surface area contributed by atoms with E-state index in [2.05, 4.69) is 26.6 Å². The van der Waals surface area contributed by atoms with Crippen LogP contribution < -0.4 is 15.4 Å². The molecule has 1 unspecified atom stereocenters. The summed E-state index contributed by atoms with van der Waals surface area (Å²) >= 11 is 8.78. The molecule has 0 radical (unpaired) electrons. The molecule has 3 rings (SSSR count). The topological polar surface area (TPSA) is 97.0 Å². The number of hydrogen-bond donors (Lipinski definition) is 2. The van der Waals surface area contributed by atoms with Gasteiger partial charge in [0.15, 0.2) is 5.11 Å². The summed E-state index contributed by atoms with van der Waals surface area (Å²) < 4.78 is 11.6. The zero-order valence-corrected chi connectivity index (χ0v) is 20.4. The van der Waals surface area contributed by atoms with Crippen LogP contribution in [0, 0.1) is 0 Å². The minimum atomic E-state index is -0.885. The van der Waals surface area contributed by atoms with E-state index in [0.29, 0.717) is 35.5 Å². The van der Waals surface area contributed by atoms with Gasteiger partial charge in [-0.15, -0.1) is 0 Å². The normalized spacial score (nSPS) is 15.4. The first-order valence-electron chi connectivity index (χ1n) is 10.4. The van der Waals surface area contributed by atoms with Gasteiger partial charge in [-0.05, 0) is 42.9 Å². The lowest BCUT2D eigenvalue weighted by Gasteiger charge is -2.36. The van der Waals surface area contributed by atoms with Gasteiger partial charge >= 0.3 is 5.97 Å². The first-order valence-corrected chi connectivity index (χ1v) is 11.6. The predicted molar refractivity (Wildman–Crippen MR) is 130 cm³/mol. The number of nitrogens with zero attached hydrogens (tertiary/aromatic N) is 1. The van der Waals surface area contributed by atoms with Crippen molar-refractivity contribution in [2.75, 3.05) is 19.7 Å². The molecule has 0 saturated carbocycles. The molecular formula is C23H24BrN3O5S. The van der Waals surface area contributed by atoms with Gasteiger partial charge in [0.25, 0.3) is 5.91 Å². The fourth-order valence-electron chi connectivity index (χ4n) is 3.31. The molecular weight excluding hydrogens is 510 g/mol. The molecule has 10 heteroatoms. The molecule has 1 saturated heterocycles. The Kier molecular flexibility index (Phi) is 8.79. The molecule has 0 spiro atoms. The first kappa shape index (κ1) is 24.7. The van der Waals surface area contributed by atoms with Crippen molar-refractivity contribution in [3.63, 3.8) is 0 Å². The number of carbonyl (C=O) groups excluding carboxylic acids is 3. The van der Waals surface area contributed by atoms with E-state index in [4.69, 9.17) is 21.7 Å². The number of hydrogen-bond acceptors (Lipinski definition) is 6. The van der Waals surface area contributed by atoms with Crippen LogP contribution >= 0.6 is 28.1 Å². The van der Waals surface area contributed by atoms with Crippen molar-refractivity contribution in [2.45, 2.75) is 26.0 Å². The second-order valence-electron chi connectivity index (χ2n) is 7.18. The van der Waals surface area contributed by atoms with Crippen LogP contribution in [0.25, 0.3) is 0 Å². The highest BCUT2D eigenvalue weighted by atomic mass is 79.9. The predicted octanol–water partition coefficient (Wildman–Crippen LogP) is 2.80. The van der Waals surface area contributed by atoms with E-state index in [1.165, 1.54) is 4.90 Å². The van der Waals surface area contributed by atoms with Gasteiger partial charge in [-0.25, -0.2) is 0 Å². The fraction of sp³-hybridized carbons (Fsp3) is 0.304. The van der Waals surface area contributed by atoms with Crippen LogP contribution in [0.5, 0.6) is 5.75 Å². The van der Waals surface area contributed by atoms with Crippen LogP contribution in [0.1, 0.15) is 29.3 Å². The highest BCUT2D eigenvalue weighted by Gasteiger charge is 2.34. The summed E-state index contributed by atoms with van der Waals surface area (Å²) in [6.07, 6.45) is -0.199. The van der Waals surface area contributed by atoms with Crippen molar-refractivity contribution < 1.29 is 23.9 Å². The lowest BCUT2D eigenvalue weighted by atomic mass is 10.1. The second kappa shape index (κ2) is 11.8. The highest BCUT2D eigenvalue weighted by Crippen LogP contribution is 2.23. The average molecular weight is 534 g/mol. The van der Waals surface area contributed by atoms with Crippen molar-refractivity contribution in [2.24, 2.45) is 0 Å². The van der Waals surface area contributed by atoms with E-state index in [1.807, 2.05) is 37.3 Å². The Morgan fingerprint density at radius 2 is 2.00 bits per heavy atom. The van der Waals surface area contributed by atoms with Gasteiger partial charge < -0.3 is 19.7 Å². The standard InChI is InChI=1S/C23H24BrN3O5S/c1-2-31-19-9-8-16(24)12-17(19)21(29)26-23(33)27-11-10-25-22(30)18(27)13-20(28)32-14-15-6-4-3-5-7-15/h3-9,12,18H,2,10-11,13-14H2,1H3,(H,25,30)(H,26,29,33). The molecule has 2 aromatic rings. The molecule has 1 heterocycles. The lowest BCUT2D eigenvalue weighted by molar-refractivity contribution is -0.148. The van der Waals surface area contributed by atoms with Crippen molar-refractivity contribution in [3.8, 4) is 5.75 Å². The SMILES string of the molecule is CCOc1ccc(Br)cc1C(=O)NC(=S)N1CCNC(=O)C1CC(=O)OCc1ccccc1. The number of halogens is 1. The van der Waals surface area contributed by atoms with Gasteiger partial charge in [0.05, 0.1) is 18.6 Å². The largest absolute Gasteiger partial charge is 0.493 e. The molecule has 0 bridgehead atoms. The number of nitrogens with one attached hydrogen (secondary N) is 2. The molecule has 2 aromatic carbocycles. The summed E-state index contributed by atoms with van der Waals surface area (Å²) in [6, 6.07) is 13.5. The second-order valence-corrected chi connectivity index (χ2v) is 8.49. The summed E-state index contributed by atoms with van der Waals surface area (Å²) in [6.45, 7) is 3.01. The molecule has 1 aliphatic heterocycles. The molecule has 2 amide bonds. The van der Waals surface area contributed by atoms with Gasteiger partial charge in [-0.3, -0.25) is 19.7 Å². The molecule has 174 valence electrons. The van der Waals surface area contributed by atoms with Gasteiger partial charge in [-0.1, -0.05) is 46.3 Å². The number of esters is 1. The summed E-state index contributed by atoms with van der Waals surface area (Å²) in [4.78, 5) is 39.3. The maximum Gasteiger partial charge on any atom is 0.308 e. The van der Waals surface area contributed by atoms with Crippen molar-refractivity contribution >= 4 is 51.0 Å². The minimum Gasteiger partial charge on any atom is -0.493 e. The third-order valence-corrected chi connectivity index (χ3v) is 5.73. The van der Waals surface area contributed by atoms with Crippen LogP contribution in [-0.4, -0.2) is 53.5 Å². The van der Waals surface area contributed by atoms with Crippen LogP contribution in [0.3, 0.4) is 0 Å². The molecule has 0 aliphatic carbocycles.